The zero-order valence-electron chi connectivity index (χ0n) is 10.7. The monoisotopic (exact) mass is 215 g/mol. The maximum absolute atomic E-state index is 7.86. The lowest BCUT2D eigenvalue weighted by Gasteiger charge is -2.39. The Hall–Kier alpha value is -1.11. The number of hydrogen-bond acceptors (Lipinski definition) is 1. The van der Waals surface area contributed by atoms with Crippen LogP contribution in [0.1, 0.15) is 50.8 Å². The van der Waals surface area contributed by atoms with E-state index in [0.717, 1.165) is 17.9 Å². The lowest BCUT2D eigenvalue weighted by molar-refractivity contribution is 0.302. The summed E-state index contributed by atoms with van der Waals surface area (Å²) in [5.74, 6) is 0.723. The molecule has 0 fully saturated rings. The van der Waals surface area contributed by atoms with E-state index in [2.05, 4.69) is 39.0 Å². The van der Waals surface area contributed by atoms with Crippen LogP contribution < -0.4 is 0 Å². The zero-order valence-corrected chi connectivity index (χ0v) is 10.7. The molecule has 1 aliphatic rings. The summed E-state index contributed by atoms with van der Waals surface area (Å²) in [4.78, 5) is 0. The van der Waals surface area contributed by atoms with E-state index in [1.54, 1.807) is 0 Å². The van der Waals surface area contributed by atoms with Crippen LogP contribution in [0.2, 0.25) is 0 Å². The number of hydrogen-bond donors (Lipinski definition) is 1. The van der Waals surface area contributed by atoms with Crippen LogP contribution in [0, 0.1) is 11.3 Å². The molecule has 0 bridgehead atoms. The first kappa shape index (κ1) is 11.4. The second kappa shape index (κ2) is 3.73. The van der Waals surface area contributed by atoms with Crippen LogP contribution >= 0.6 is 0 Å². The largest absolute Gasteiger partial charge is 0.305 e. The average molecular weight is 215 g/mol. The fourth-order valence-corrected chi connectivity index (χ4v) is 2.80. The molecule has 0 aliphatic heterocycles. The molecule has 1 unspecified atom stereocenters. The van der Waals surface area contributed by atoms with Gasteiger partial charge in [-0.25, -0.2) is 0 Å². The molecule has 16 heavy (non-hydrogen) atoms. The highest BCUT2D eigenvalue weighted by atomic mass is 14.4. The number of fused-ring (bicyclic) bond motifs is 1. The molecule has 0 heterocycles. The molecular weight excluding hydrogens is 194 g/mol. The Bertz CT molecular complexity index is 429. The third kappa shape index (κ3) is 1.59. The van der Waals surface area contributed by atoms with Gasteiger partial charge in [0.25, 0.3) is 0 Å². The van der Waals surface area contributed by atoms with Gasteiger partial charge in [0.2, 0.25) is 0 Å². The lowest BCUT2D eigenvalue weighted by atomic mass is 9.65. The molecule has 0 saturated heterocycles. The average Bonchev–Trinajstić information content (AvgIpc) is 2.23. The molecule has 1 heteroatoms. The van der Waals surface area contributed by atoms with Gasteiger partial charge in [0.15, 0.2) is 0 Å². The van der Waals surface area contributed by atoms with E-state index in [9.17, 15) is 0 Å². The Kier molecular flexibility index (Phi) is 2.65. The topological polar surface area (TPSA) is 23.9 Å². The van der Waals surface area contributed by atoms with E-state index in [1.807, 2.05) is 6.92 Å². The van der Waals surface area contributed by atoms with Crippen molar-refractivity contribution in [2.75, 3.05) is 0 Å². The van der Waals surface area contributed by atoms with E-state index >= 15 is 0 Å². The van der Waals surface area contributed by atoms with E-state index < -0.39 is 0 Å². The van der Waals surface area contributed by atoms with Crippen molar-refractivity contribution >= 4 is 5.71 Å². The van der Waals surface area contributed by atoms with E-state index in [-0.39, 0.29) is 5.41 Å². The number of rotatable bonds is 1. The Morgan fingerprint density at radius 2 is 2.06 bits per heavy atom. The highest BCUT2D eigenvalue weighted by Gasteiger charge is 2.34. The van der Waals surface area contributed by atoms with Crippen molar-refractivity contribution in [3.8, 4) is 0 Å². The smallest absolute Gasteiger partial charge is 0.0358 e. The molecule has 1 N–H and O–H groups in total. The van der Waals surface area contributed by atoms with E-state index in [1.165, 1.54) is 17.5 Å². The molecule has 0 saturated carbocycles. The third-order valence-electron chi connectivity index (χ3n) is 4.33. The van der Waals surface area contributed by atoms with Crippen molar-refractivity contribution in [2.24, 2.45) is 5.92 Å². The standard InChI is InChI=1S/C15H21N/c1-10-8-9-13-12(11(2)16)6-5-7-14(13)15(10,3)4/h5-7,10,16H,8-9H2,1-4H3. The minimum Gasteiger partial charge on any atom is -0.305 e. The first-order chi connectivity index (χ1) is 7.44. The molecule has 0 amide bonds. The summed E-state index contributed by atoms with van der Waals surface area (Å²) in [5, 5.41) is 7.86. The summed E-state index contributed by atoms with van der Waals surface area (Å²) in [6, 6.07) is 6.44. The van der Waals surface area contributed by atoms with Crippen LogP contribution in [-0.2, 0) is 11.8 Å². The summed E-state index contributed by atoms with van der Waals surface area (Å²) in [5.41, 5.74) is 4.96. The first-order valence-electron chi connectivity index (χ1n) is 6.12. The Morgan fingerprint density at radius 1 is 1.38 bits per heavy atom. The Balaban J connectivity index is 2.62. The first-order valence-corrected chi connectivity index (χ1v) is 6.12. The molecule has 86 valence electrons. The van der Waals surface area contributed by atoms with Gasteiger partial charge in [-0.15, -0.1) is 0 Å². The summed E-state index contributed by atoms with van der Waals surface area (Å²) in [6.45, 7) is 8.89. The zero-order chi connectivity index (χ0) is 11.9. The van der Waals surface area contributed by atoms with Gasteiger partial charge >= 0.3 is 0 Å². The van der Waals surface area contributed by atoms with Crippen LogP contribution in [-0.4, -0.2) is 5.71 Å². The SMILES string of the molecule is CC(=N)c1cccc2c1CCC(C)C2(C)C. The van der Waals surface area contributed by atoms with Crippen molar-refractivity contribution in [1.29, 1.82) is 5.41 Å². The predicted octanol–water partition coefficient (Wildman–Crippen LogP) is 3.93. The lowest BCUT2D eigenvalue weighted by Crippen LogP contribution is -2.33. The van der Waals surface area contributed by atoms with Crippen LogP contribution in [0.4, 0.5) is 0 Å². The summed E-state index contributed by atoms with van der Waals surface area (Å²) in [7, 11) is 0. The van der Waals surface area contributed by atoms with Crippen LogP contribution in [0.3, 0.4) is 0 Å². The van der Waals surface area contributed by atoms with Gasteiger partial charge in [0.1, 0.15) is 0 Å². The van der Waals surface area contributed by atoms with E-state index in [4.69, 9.17) is 5.41 Å². The van der Waals surface area contributed by atoms with Crippen molar-refractivity contribution in [1.82, 2.24) is 0 Å². The quantitative estimate of drug-likeness (QED) is 0.686. The molecular formula is C15H21N. The van der Waals surface area contributed by atoms with Gasteiger partial charge in [0.05, 0.1) is 0 Å². The molecule has 0 radical (unpaired) electrons. The van der Waals surface area contributed by atoms with Gasteiger partial charge in [-0.2, -0.15) is 0 Å². The highest BCUT2D eigenvalue weighted by molar-refractivity contribution is 5.98. The maximum atomic E-state index is 7.86. The predicted molar refractivity (Wildman–Crippen MR) is 69.5 cm³/mol. The number of nitrogens with one attached hydrogen (secondary N) is 1. The van der Waals surface area contributed by atoms with Crippen molar-refractivity contribution in [3.63, 3.8) is 0 Å². The second-order valence-corrected chi connectivity index (χ2v) is 5.62. The highest BCUT2D eigenvalue weighted by Crippen LogP contribution is 2.41. The van der Waals surface area contributed by atoms with Crippen LogP contribution in [0.25, 0.3) is 0 Å². The minimum absolute atomic E-state index is 0.249. The van der Waals surface area contributed by atoms with Gasteiger partial charge < -0.3 is 5.41 Å². The van der Waals surface area contributed by atoms with Crippen molar-refractivity contribution in [2.45, 2.75) is 46.0 Å². The molecule has 1 aromatic carbocycles. The fraction of sp³-hybridized carbons (Fsp3) is 0.533. The summed E-state index contributed by atoms with van der Waals surface area (Å²) >= 11 is 0. The molecule has 1 nitrogen and oxygen atoms in total. The van der Waals surface area contributed by atoms with Gasteiger partial charge in [-0.3, -0.25) is 0 Å². The fourth-order valence-electron chi connectivity index (χ4n) is 2.80. The van der Waals surface area contributed by atoms with Gasteiger partial charge in [-0.1, -0.05) is 39.0 Å². The van der Waals surface area contributed by atoms with Crippen LogP contribution in [0.15, 0.2) is 18.2 Å². The van der Waals surface area contributed by atoms with Crippen molar-refractivity contribution in [3.05, 3.63) is 34.9 Å². The molecule has 1 aromatic rings. The molecule has 0 spiro atoms. The van der Waals surface area contributed by atoms with E-state index in [0.29, 0.717) is 5.71 Å². The minimum atomic E-state index is 0.249. The maximum Gasteiger partial charge on any atom is 0.0358 e. The second-order valence-electron chi connectivity index (χ2n) is 5.62. The van der Waals surface area contributed by atoms with Crippen LogP contribution in [0.5, 0.6) is 0 Å². The summed E-state index contributed by atoms with van der Waals surface area (Å²) in [6.07, 6.45) is 2.37. The molecule has 0 aromatic heterocycles. The van der Waals surface area contributed by atoms with Gasteiger partial charge in [0, 0.05) is 5.71 Å². The Labute approximate surface area is 98.4 Å². The van der Waals surface area contributed by atoms with Crippen molar-refractivity contribution < 1.29 is 0 Å². The Morgan fingerprint density at radius 3 is 2.69 bits per heavy atom. The number of benzene rings is 1. The molecule has 1 atom stereocenters. The van der Waals surface area contributed by atoms with Gasteiger partial charge in [-0.05, 0) is 47.8 Å². The third-order valence-corrected chi connectivity index (χ3v) is 4.33. The molecule has 1 aliphatic carbocycles. The molecule has 2 rings (SSSR count). The summed E-state index contributed by atoms with van der Waals surface area (Å²) < 4.78 is 0. The normalized spacial score (nSPS) is 22.6.